The number of anilines is 1. The minimum atomic E-state index is -0.609. The number of rotatable bonds is 7. The monoisotopic (exact) mass is 406 g/mol. The Hall–Kier alpha value is -3.54. The molecule has 0 aliphatic heterocycles. The molecule has 0 aliphatic rings. The Bertz CT molecular complexity index is 1100. The van der Waals surface area contributed by atoms with Crippen molar-refractivity contribution in [2.75, 3.05) is 18.5 Å². The number of hydrogen-bond donors (Lipinski definition) is 1. The fraction of sp³-hybridized carbons (Fsp3) is 0.250. The number of aryl methyl sites for hydroxylation is 2. The number of hydrogen-bond acceptors (Lipinski definition) is 5. The van der Waals surface area contributed by atoms with E-state index < -0.39 is 11.9 Å². The lowest BCUT2D eigenvalue weighted by atomic mass is 10.1. The molecule has 0 saturated heterocycles. The molecule has 0 fully saturated rings. The Morgan fingerprint density at radius 2 is 1.73 bits per heavy atom. The van der Waals surface area contributed by atoms with Crippen molar-refractivity contribution >= 4 is 28.5 Å². The van der Waals surface area contributed by atoms with Crippen molar-refractivity contribution in [3.8, 4) is 11.3 Å². The smallest absolute Gasteiger partial charge is 0.355 e. The molecule has 3 rings (SSSR count). The molecule has 0 unspecified atom stereocenters. The number of fused-ring (bicyclic) bond motifs is 1. The van der Waals surface area contributed by atoms with E-state index in [1.54, 1.807) is 13.8 Å². The van der Waals surface area contributed by atoms with E-state index in [0.29, 0.717) is 5.69 Å². The molecular formula is C24H26N2O4. The second kappa shape index (κ2) is 9.31. The Morgan fingerprint density at radius 3 is 2.40 bits per heavy atom. The van der Waals surface area contributed by atoms with Crippen molar-refractivity contribution in [3.05, 3.63) is 65.9 Å². The van der Waals surface area contributed by atoms with Gasteiger partial charge in [0.1, 0.15) is 5.70 Å². The molecule has 0 atom stereocenters. The van der Waals surface area contributed by atoms with Crippen LogP contribution >= 0.6 is 0 Å². The maximum atomic E-state index is 12.4. The molecule has 1 N–H and O–H groups in total. The summed E-state index contributed by atoms with van der Waals surface area (Å²) in [7, 11) is 2.00. The molecule has 0 spiro atoms. The minimum absolute atomic E-state index is 0.0373. The summed E-state index contributed by atoms with van der Waals surface area (Å²) >= 11 is 0. The number of esters is 2. The highest BCUT2D eigenvalue weighted by Gasteiger charge is 2.16. The first-order valence-electron chi connectivity index (χ1n) is 9.92. The largest absolute Gasteiger partial charge is 0.463 e. The van der Waals surface area contributed by atoms with Crippen molar-refractivity contribution in [2.45, 2.75) is 20.8 Å². The number of nitrogens with one attached hydrogen (secondary N) is 1. The van der Waals surface area contributed by atoms with Gasteiger partial charge in [0.15, 0.2) is 0 Å². The third-order valence-corrected chi connectivity index (χ3v) is 4.77. The number of carbonyl (C=O) groups excluding carboxylic acids is 2. The van der Waals surface area contributed by atoms with E-state index in [1.165, 1.54) is 0 Å². The highest BCUT2D eigenvalue weighted by Crippen LogP contribution is 2.31. The lowest BCUT2D eigenvalue weighted by molar-refractivity contribution is -0.140. The van der Waals surface area contributed by atoms with Crippen LogP contribution in [-0.2, 0) is 26.1 Å². The van der Waals surface area contributed by atoms with Crippen LogP contribution in [0.2, 0.25) is 0 Å². The van der Waals surface area contributed by atoms with Gasteiger partial charge in [-0.1, -0.05) is 30.3 Å². The van der Waals surface area contributed by atoms with Gasteiger partial charge >= 0.3 is 11.9 Å². The maximum absolute atomic E-state index is 12.4. The molecule has 156 valence electrons. The second-order valence-corrected chi connectivity index (χ2v) is 6.84. The van der Waals surface area contributed by atoms with E-state index in [9.17, 15) is 9.59 Å². The van der Waals surface area contributed by atoms with Crippen molar-refractivity contribution in [1.82, 2.24) is 4.57 Å². The Balaban J connectivity index is 2.02. The van der Waals surface area contributed by atoms with Gasteiger partial charge in [0.05, 0.1) is 24.8 Å². The number of nitrogens with zero attached hydrogens (tertiary/aromatic N) is 1. The molecule has 6 heteroatoms. The summed E-state index contributed by atoms with van der Waals surface area (Å²) < 4.78 is 12.1. The van der Waals surface area contributed by atoms with Crippen molar-refractivity contribution < 1.29 is 19.1 Å². The molecular weight excluding hydrogens is 380 g/mol. The lowest BCUT2D eigenvalue weighted by Crippen LogP contribution is -2.17. The predicted octanol–water partition coefficient (Wildman–Crippen LogP) is 4.58. The molecule has 1 aromatic heterocycles. The molecule has 6 nitrogen and oxygen atoms in total. The summed E-state index contributed by atoms with van der Waals surface area (Å²) in [6.45, 7) is 5.80. The van der Waals surface area contributed by atoms with E-state index in [0.717, 1.165) is 33.8 Å². The van der Waals surface area contributed by atoms with Crippen molar-refractivity contribution in [2.24, 2.45) is 7.05 Å². The van der Waals surface area contributed by atoms with Crippen LogP contribution in [0.3, 0.4) is 0 Å². The Morgan fingerprint density at radius 1 is 1.03 bits per heavy atom. The van der Waals surface area contributed by atoms with Crippen LogP contribution in [0.5, 0.6) is 0 Å². The number of aromatic nitrogens is 1. The zero-order chi connectivity index (χ0) is 21.7. The molecule has 0 radical (unpaired) electrons. The lowest BCUT2D eigenvalue weighted by Gasteiger charge is -2.13. The zero-order valence-electron chi connectivity index (χ0n) is 17.7. The summed E-state index contributed by atoms with van der Waals surface area (Å²) in [4.78, 5) is 24.3. The molecule has 3 aromatic rings. The van der Waals surface area contributed by atoms with Gasteiger partial charge in [-0.3, -0.25) is 0 Å². The maximum Gasteiger partial charge on any atom is 0.355 e. The van der Waals surface area contributed by atoms with Crippen LogP contribution in [-0.4, -0.2) is 29.7 Å². The predicted molar refractivity (Wildman–Crippen MR) is 118 cm³/mol. The van der Waals surface area contributed by atoms with Crippen LogP contribution in [0.15, 0.2) is 60.3 Å². The summed E-state index contributed by atoms with van der Waals surface area (Å²) in [5.41, 5.74) is 4.91. The molecule has 0 amide bonds. The molecule has 0 saturated carbocycles. The molecule has 30 heavy (non-hydrogen) atoms. The topological polar surface area (TPSA) is 69.6 Å². The van der Waals surface area contributed by atoms with Crippen LogP contribution in [0.1, 0.15) is 19.4 Å². The fourth-order valence-electron chi connectivity index (χ4n) is 3.32. The van der Waals surface area contributed by atoms with E-state index in [-0.39, 0.29) is 18.9 Å². The second-order valence-electron chi connectivity index (χ2n) is 6.84. The Kier molecular flexibility index (Phi) is 6.57. The van der Waals surface area contributed by atoms with Gasteiger partial charge in [0.2, 0.25) is 0 Å². The van der Waals surface area contributed by atoms with Crippen LogP contribution in [0.4, 0.5) is 5.69 Å². The normalized spacial score (nSPS) is 11.4. The van der Waals surface area contributed by atoms with Crippen molar-refractivity contribution in [3.63, 3.8) is 0 Å². The van der Waals surface area contributed by atoms with Crippen LogP contribution in [0, 0.1) is 6.92 Å². The molecule has 1 heterocycles. The number of ether oxygens (including phenoxy) is 2. The minimum Gasteiger partial charge on any atom is -0.463 e. The van der Waals surface area contributed by atoms with Gasteiger partial charge < -0.3 is 19.4 Å². The molecule has 0 aliphatic carbocycles. The quantitative estimate of drug-likeness (QED) is 0.460. The first-order chi connectivity index (χ1) is 14.4. The highest BCUT2D eigenvalue weighted by atomic mass is 16.5. The van der Waals surface area contributed by atoms with Gasteiger partial charge in [0, 0.05) is 23.8 Å². The van der Waals surface area contributed by atoms with E-state index in [1.807, 2.05) is 38.2 Å². The van der Waals surface area contributed by atoms with E-state index >= 15 is 0 Å². The molecule has 0 bridgehead atoms. The third kappa shape index (κ3) is 4.54. The standard InChI is InChI=1S/C24H26N2O4/c1-5-29-23(27)15-20(24(28)30-6-2)25-19-14-22-18(12-16(19)3)13-21(26(22)4)17-10-8-7-9-11-17/h7-15,25H,5-6H2,1-4H3. The summed E-state index contributed by atoms with van der Waals surface area (Å²) in [5, 5.41) is 4.15. The summed E-state index contributed by atoms with van der Waals surface area (Å²) in [6, 6.07) is 16.3. The first-order valence-corrected chi connectivity index (χ1v) is 9.92. The first kappa shape index (κ1) is 21.2. The highest BCUT2D eigenvalue weighted by molar-refractivity contribution is 6.00. The van der Waals surface area contributed by atoms with Gasteiger partial charge in [-0.15, -0.1) is 0 Å². The Labute approximate surface area is 176 Å². The van der Waals surface area contributed by atoms with E-state index in [4.69, 9.17) is 9.47 Å². The average Bonchev–Trinajstić information content (AvgIpc) is 3.04. The SMILES string of the molecule is CCOC(=O)C=C(Nc1cc2c(cc1C)cc(-c1ccccc1)n2C)C(=O)OCC. The zero-order valence-corrected chi connectivity index (χ0v) is 17.7. The molecule has 2 aromatic carbocycles. The van der Waals surface area contributed by atoms with Gasteiger partial charge in [0.25, 0.3) is 0 Å². The van der Waals surface area contributed by atoms with Crippen LogP contribution < -0.4 is 5.32 Å². The van der Waals surface area contributed by atoms with Crippen molar-refractivity contribution in [1.29, 1.82) is 0 Å². The summed E-state index contributed by atoms with van der Waals surface area (Å²) in [6.07, 6.45) is 1.13. The van der Waals surface area contributed by atoms with Gasteiger partial charge in [-0.2, -0.15) is 0 Å². The number of carbonyl (C=O) groups is 2. The fourth-order valence-corrected chi connectivity index (χ4v) is 3.32. The van der Waals surface area contributed by atoms with Gasteiger partial charge in [-0.25, -0.2) is 9.59 Å². The third-order valence-electron chi connectivity index (χ3n) is 4.77. The number of benzene rings is 2. The average molecular weight is 406 g/mol. The van der Waals surface area contributed by atoms with Crippen LogP contribution in [0.25, 0.3) is 22.2 Å². The summed E-state index contributed by atoms with van der Waals surface area (Å²) in [5.74, 6) is -1.21. The van der Waals surface area contributed by atoms with Gasteiger partial charge in [-0.05, 0) is 50.1 Å². The van der Waals surface area contributed by atoms with E-state index in [2.05, 4.69) is 34.1 Å².